The Morgan fingerprint density at radius 2 is 2.06 bits per heavy atom. The van der Waals surface area contributed by atoms with Crippen LogP contribution in [-0.4, -0.2) is 19.7 Å². The Kier molecular flexibility index (Phi) is 5.27. The van der Waals surface area contributed by atoms with Crippen molar-refractivity contribution in [2.24, 2.45) is 0 Å². The Balaban J connectivity index is 3.12. The molecule has 0 aromatic heterocycles. The molecule has 0 atom stereocenters. The van der Waals surface area contributed by atoms with E-state index in [4.69, 9.17) is 11.6 Å². The van der Waals surface area contributed by atoms with Crippen LogP contribution in [0.3, 0.4) is 0 Å². The van der Waals surface area contributed by atoms with E-state index in [1.54, 1.807) is 0 Å². The lowest BCUT2D eigenvalue weighted by Gasteiger charge is -2.12. The van der Waals surface area contributed by atoms with Crippen molar-refractivity contribution >= 4 is 17.6 Å². The van der Waals surface area contributed by atoms with Gasteiger partial charge in [0.2, 0.25) is 0 Å². The summed E-state index contributed by atoms with van der Waals surface area (Å²) in [5, 5.41) is 0. The van der Waals surface area contributed by atoms with Crippen LogP contribution in [0.1, 0.15) is 11.1 Å². The van der Waals surface area contributed by atoms with Gasteiger partial charge in [0, 0.05) is 17.2 Å². The number of benzene rings is 1. The van der Waals surface area contributed by atoms with Crippen LogP contribution >= 0.6 is 11.6 Å². The highest BCUT2D eigenvalue weighted by atomic mass is 35.5. The van der Waals surface area contributed by atoms with Crippen LogP contribution in [0, 0.1) is 5.82 Å². The smallest absolute Gasteiger partial charge is 0.387 e. The zero-order chi connectivity index (χ0) is 13.7. The van der Waals surface area contributed by atoms with Gasteiger partial charge in [-0.15, -0.1) is 11.6 Å². The van der Waals surface area contributed by atoms with Crippen LogP contribution in [0.4, 0.5) is 13.2 Å². The molecule has 0 fully saturated rings. The van der Waals surface area contributed by atoms with Gasteiger partial charge in [0.05, 0.1) is 19.4 Å². The normalized spacial score (nSPS) is 10.6. The second kappa shape index (κ2) is 6.49. The minimum Gasteiger partial charge on any atom is -0.469 e. The second-order valence-corrected chi connectivity index (χ2v) is 3.58. The average molecular weight is 283 g/mol. The predicted octanol–water partition coefficient (Wildman–Crippen LogP) is 2.88. The number of methoxy groups -OCH3 is 1. The van der Waals surface area contributed by atoms with Gasteiger partial charge in [-0.25, -0.2) is 4.39 Å². The van der Waals surface area contributed by atoms with Crippen molar-refractivity contribution in [3.63, 3.8) is 0 Å². The van der Waals surface area contributed by atoms with Gasteiger partial charge in [-0.2, -0.15) is 8.78 Å². The first-order valence-electron chi connectivity index (χ1n) is 4.86. The molecule has 3 nitrogen and oxygen atoms in total. The van der Waals surface area contributed by atoms with E-state index >= 15 is 0 Å². The summed E-state index contributed by atoms with van der Waals surface area (Å²) in [4.78, 5) is 11.1. The van der Waals surface area contributed by atoms with Crippen LogP contribution in [0.15, 0.2) is 12.1 Å². The number of hydrogen-bond donors (Lipinski definition) is 0. The van der Waals surface area contributed by atoms with Crippen molar-refractivity contribution in [2.45, 2.75) is 18.9 Å². The molecule has 0 aliphatic heterocycles. The minimum atomic E-state index is -3.11. The van der Waals surface area contributed by atoms with Crippen LogP contribution in [0.25, 0.3) is 0 Å². The topological polar surface area (TPSA) is 35.5 Å². The standard InChI is InChI=1S/C11H10ClF3O3/c1-17-10(16)3-6-2-7(5-12)8(13)4-9(6)18-11(14)15/h2,4,11H,3,5H2,1H3. The lowest BCUT2D eigenvalue weighted by atomic mass is 10.1. The van der Waals surface area contributed by atoms with Crippen LogP contribution < -0.4 is 4.74 Å². The van der Waals surface area contributed by atoms with E-state index in [2.05, 4.69) is 9.47 Å². The molecule has 18 heavy (non-hydrogen) atoms. The molecule has 0 bridgehead atoms. The highest BCUT2D eigenvalue weighted by Gasteiger charge is 2.16. The lowest BCUT2D eigenvalue weighted by molar-refractivity contribution is -0.139. The molecule has 0 N–H and O–H groups in total. The third-order valence-corrected chi connectivity index (χ3v) is 2.44. The molecule has 1 aromatic rings. The maximum absolute atomic E-state index is 13.4. The minimum absolute atomic E-state index is 0.0946. The summed E-state index contributed by atoms with van der Waals surface area (Å²) in [6, 6.07) is 1.99. The van der Waals surface area contributed by atoms with E-state index in [1.165, 1.54) is 6.07 Å². The van der Waals surface area contributed by atoms with Crippen molar-refractivity contribution in [3.05, 3.63) is 29.1 Å². The van der Waals surface area contributed by atoms with Gasteiger partial charge >= 0.3 is 12.6 Å². The zero-order valence-electron chi connectivity index (χ0n) is 9.38. The van der Waals surface area contributed by atoms with Gasteiger partial charge in [0.25, 0.3) is 0 Å². The van der Waals surface area contributed by atoms with E-state index in [-0.39, 0.29) is 23.4 Å². The highest BCUT2D eigenvalue weighted by Crippen LogP contribution is 2.26. The van der Waals surface area contributed by atoms with Crippen molar-refractivity contribution in [2.75, 3.05) is 7.11 Å². The van der Waals surface area contributed by atoms with E-state index in [9.17, 15) is 18.0 Å². The first-order chi connectivity index (χ1) is 8.47. The number of alkyl halides is 3. The Morgan fingerprint density at radius 1 is 1.39 bits per heavy atom. The van der Waals surface area contributed by atoms with Crippen LogP contribution in [0.5, 0.6) is 5.75 Å². The third-order valence-electron chi connectivity index (χ3n) is 2.15. The summed E-state index contributed by atoms with van der Waals surface area (Å²) in [5.41, 5.74) is 0.191. The monoisotopic (exact) mass is 282 g/mol. The molecular weight excluding hydrogens is 273 g/mol. The average Bonchev–Trinajstić information content (AvgIpc) is 2.31. The molecule has 7 heteroatoms. The first-order valence-corrected chi connectivity index (χ1v) is 5.40. The summed E-state index contributed by atoms with van der Waals surface area (Å²) in [5.74, 6) is -1.97. The Morgan fingerprint density at radius 3 is 2.56 bits per heavy atom. The van der Waals surface area contributed by atoms with E-state index in [1.807, 2.05) is 0 Å². The summed E-state index contributed by atoms with van der Waals surface area (Å²) < 4.78 is 46.2. The molecule has 0 spiro atoms. The Bertz CT molecular complexity index is 438. The maximum atomic E-state index is 13.4. The Labute approximate surface area is 106 Å². The van der Waals surface area contributed by atoms with Crippen molar-refractivity contribution in [1.82, 2.24) is 0 Å². The van der Waals surface area contributed by atoms with E-state index in [0.29, 0.717) is 0 Å². The van der Waals surface area contributed by atoms with E-state index < -0.39 is 24.1 Å². The number of rotatable bonds is 5. The number of carbonyl (C=O) groups excluding carboxylic acids is 1. The molecule has 0 heterocycles. The van der Waals surface area contributed by atoms with Gasteiger partial charge in [0.15, 0.2) is 0 Å². The number of carbonyl (C=O) groups is 1. The van der Waals surface area contributed by atoms with Crippen molar-refractivity contribution < 1.29 is 27.4 Å². The molecule has 0 radical (unpaired) electrons. The number of ether oxygens (including phenoxy) is 2. The molecular formula is C11H10ClF3O3. The van der Waals surface area contributed by atoms with Gasteiger partial charge in [-0.1, -0.05) is 0 Å². The molecule has 0 unspecified atom stereocenters. The van der Waals surface area contributed by atoms with E-state index in [0.717, 1.165) is 13.2 Å². The summed E-state index contributed by atoms with van der Waals surface area (Å²) in [7, 11) is 1.15. The maximum Gasteiger partial charge on any atom is 0.387 e. The number of hydrogen-bond acceptors (Lipinski definition) is 3. The molecule has 0 saturated carbocycles. The van der Waals surface area contributed by atoms with Crippen molar-refractivity contribution in [3.8, 4) is 5.75 Å². The Hall–Kier alpha value is -1.43. The predicted molar refractivity (Wildman–Crippen MR) is 58.3 cm³/mol. The fourth-order valence-corrected chi connectivity index (χ4v) is 1.53. The second-order valence-electron chi connectivity index (χ2n) is 3.32. The van der Waals surface area contributed by atoms with Crippen LogP contribution in [-0.2, 0) is 21.8 Å². The summed E-state index contributed by atoms with van der Waals surface area (Å²) in [6.07, 6.45) is -0.303. The first kappa shape index (κ1) is 14.6. The SMILES string of the molecule is COC(=O)Cc1cc(CCl)c(F)cc1OC(F)F. The molecule has 0 aliphatic carbocycles. The quantitative estimate of drug-likeness (QED) is 0.615. The van der Waals surface area contributed by atoms with Gasteiger partial charge < -0.3 is 9.47 Å². The molecule has 1 rings (SSSR count). The van der Waals surface area contributed by atoms with Gasteiger partial charge in [0.1, 0.15) is 11.6 Å². The fraction of sp³-hybridized carbons (Fsp3) is 0.364. The third kappa shape index (κ3) is 3.80. The lowest BCUT2D eigenvalue weighted by Crippen LogP contribution is -2.10. The molecule has 0 saturated heterocycles. The number of halogens is 4. The van der Waals surface area contributed by atoms with Gasteiger partial charge in [-0.05, 0) is 6.07 Å². The van der Waals surface area contributed by atoms with Gasteiger partial charge in [-0.3, -0.25) is 4.79 Å². The molecule has 1 aromatic carbocycles. The fourth-order valence-electron chi connectivity index (χ4n) is 1.32. The molecule has 0 amide bonds. The van der Waals surface area contributed by atoms with Crippen LogP contribution in [0.2, 0.25) is 0 Å². The largest absolute Gasteiger partial charge is 0.469 e. The highest BCUT2D eigenvalue weighted by molar-refractivity contribution is 6.17. The molecule has 100 valence electrons. The van der Waals surface area contributed by atoms with Crippen molar-refractivity contribution in [1.29, 1.82) is 0 Å². The summed E-state index contributed by atoms with van der Waals surface area (Å²) >= 11 is 5.49. The summed E-state index contributed by atoms with van der Waals surface area (Å²) in [6.45, 7) is -3.11. The number of esters is 1. The molecule has 0 aliphatic rings. The zero-order valence-corrected chi connectivity index (χ0v) is 10.1.